The SMILES string of the molecule is CN1c2cc(Cl)ccc2-c2nc(SCc3ccc(F)cc3Cl)ncc2S1(=O)=O. The molecule has 0 radical (unpaired) electrons. The lowest BCUT2D eigenvalue weighted by Gasteiger charge is -2.28. The second kappa shape index (κ2) is 7.18. The van der Waals surface area contributed by atoms with Crippen LogP contribution in [-0.4, -0.2) is 25.4 Å². The minimum Gasteiger partial charge on any atom is -0.269 e. The Balaban J connectivity index is 1.73. The Morgan fingerprint density at radius 1 is 1.18 bits per heavy atom. The summed E-state index contributed by atoms with van der Waals surface area (Å²) >= 11 is 13.4. The smallest absolute Gasteiger partial charge is 0.267 e. The highest BCUT2D eigenvalue weighted by atomic mass is 35.5. The summed E-state index contributed by atoms with van der Waals surface area (Å²) in [4.78, 5) is 8.68. The molecule has 28 heavy (non-hydrogen) atoms. The second-order valence-electron chi connectivity index (χ2n) is 6.02. The largest absolute Gasteiger partial charge is 0.269 e. The van der Waals surface area contributed by atoms with Gasteiger partial charge in [-0.15, -0.1) is 0 Å². The molecule has 1 aliphatic rings. The second-order valence-corrected chi connectivity index (χ2v) is 9.75. The lowest BCUT2D eigenvalue weighted by molar-refractivity contribution is 0.592. The third-order valence-electron chi connectivity index (χ3n) is 4.30. The first-order valence-electron chi connectivity index (χ1n) is 8.00. The Kier molecular flexibility index (Phi) is 4.99. The molecule has 0 saturated heterocycles. The zero-order valence-electron chi connectivity index (χ0n) is 14.4. The molecule has 2 aromatic carbocycles. The zero-order chi connectivity index (χ0) is 20.1. The van der Waals surface area contributed by atoms with Gasteiger partial charge in [0.1, 0.15) is 10.7 Å². The molecule has 0 atom stereocenters. The average Bonchev–Trinajstić information content (AvgIpc) is 2.65. The van der Waals surface area contributed by atoms with E-state index in [1.54, 1.807) is 24.3 Å². The van der Waals surface area contributed by atoms with E-state index in [2.05, 4.69) is 9.97 Å². The topological polar surface area (TPSA) is 63.2 Å². The number of thioether (sulfide) groups is 1. The van der Waals surface area contributed by atoms with Crippen molar-refractivity contribution in [3.63, 3.8) is 0 Å². The molecule has 1 aliphatic heterocycles. The van der Waals surface area contributed by atoms with Gasteiger partial charge in [0.05, 0.1) is 17.6 Å². The van der Waals surface area contributed by atoms with Crippen LogP contribution in [0.3, 0.4) is 0 Å². The van der Waals surface area contributed by atoms with Crippen LogP contribution >= 0.6 is 35.0 Å². The number of nitrogens with zero attached hydrogens (tertiary/aromatic N) is 3. The molecule has 0 bridgehead atoms. The monoisotopic (exact) mass is 455 g/mol. The number of benzene rings is 2. The maximum atomic E-state index is 13.2. The highest BCUT2D eigenvalue weighted by Gasteiger charge is 2.34. The molecule has 10 heteroatoms. The molecule has 1 aromatic heterocycles. The van der Waals surface area contributed by atoms with Gasteiger partial charge in [-0.2, -0.15) is 0 Å². The van der Waals surface area contributed by atoms with Gasteiger partial charge in [-0.3, -0.25) is 4.31 Å². The molecule has 5 nitrogen and oxygen atoms in total. The van der Waals surface area contributed by atoms with Gasteiger partial charge in [0.25, 0.3) is 10.0 Å². The summed E-state index contributed by atoms with van der Waals surface area (Å²) in [5.41, 5.74) is 2.17. The van der Waals surface area contributed by atoms with Gasteiger partial charge in [-0.1, -0.05) is 41.0 Å². The molecule has 0 spiro atoms. The molecule has 144 valence electrons. The molecule has 3 aromatic rings. The van der Waals surface area contributed by atoms with E-state index in [0.717, 1.165) is 5.56 Å². The fraction of sp³-hybridized carbons (Fsp3) is 0.111. The number of hydrogen-bond acceptors (Lipinski definition) is 5. The third-order valence-corrected chi connectivity index (χ3v) is 7.57. The van der Waals surface area contributed by atoms with Crippen LogP contribution in [0.1, 0.15) is 5.56 Å². The van der Waals surface area contributed by atoms with Crippen molar-refractivity contribution in [3.8, 4) is 11.3 Å². The molecule has 0 aliphatic carbocycles. The van der Waals surface area contributed by atoms with Gasteiger partial charge in [0, 0.05) is 28.4 Å². The minimum atomic E-state index is -3.77. The van der Waals surface area contributed by atoms with Gasteiger partial charge in [0.15, 0.2) is 5.16 Å². The van der Waals surface area contributed by atoms with E-state index in [1.807, 2.05) is 0 Å². The first kappa shape index (κ1) is 19.4. The van der Waals surface area contributed by atoms with Crippen LogP contribution in [0.5, 0.6) is 0 Å². The van der Waals surface area contributed by atoms with Gasteiger partial charge in [-0.05, 0) is 35.9 Å². The van der Waals surface area contributed by atoms with Crippen LogP contribution in [0.4, 0.5) is 10.1 Å². The van der Waals surface area contributed by atoms with Crippen molar-refractivity contribution in [3.05, 3.63) is 64.0 Å². The summed E-state index contributed by atoms with van der Waals surface area (Å²) in [7, 11) is -2.30. The van der Waals surface area contributed by atoms with Crippen molar-refractivity contribution in [2.24, 2.45) is 0 Å². The Hall–Kier alpha value is -1.87. The highest BCUT2D eigenvalue weighted by Crippen LogP contribution is 2.42. The maximum Gasteiger partial charge on any atom is 0.267 e. The standard InChI is InChI=1S/C18H12Cl2FN3O2S2/c1-24-15-6-11(19)3-5-13(15)17-16(28(24,25)26)8-22-18(23-17)27-9-10-2-4-12(21)7-14(10)20/h2-8H,9H2,1H3. The van der Waals surface area contributed by atoms with E-state index in [0.29, 0.717) is 37.9 Å². The van der Waals surface area contributed by atoms with E-state index >= 15 is 0 Å². The number of fused-ring (bicyclic) bond motifs is 3. The molecule has 0 fully saturated rings. The van der Waals surface area contributed by atoms with Crippen LogP contribution in [-0.2, 0) is 15.8 Å². The van der Waals surface area contributed by atoms with E-state index < -0.39 is 15.8 Å². The number of anilines is 1. The van der Waals surface area contributed by atoms with E-state index in [9.17, 15) is 12.8 Å². The van der Waals surface area contributed by atoms with Crippen LogP contribution in [0, 0.1) is 5.82 Å². The Bertz CT molecular complexity index is 1210. The predicted octanol–water partition coefficient (Wildman–Crippen LogP) is 5.02. The van der Waals surface area contributed by atoms with Crippen LogP contribution in [0.15, 0.2) is 52.6 Å². The summed E-state index contributed by atoms with van der Waals surface area (Å²) in [6, 6.07) is 9.18. The fourth-order valence-electron chi connectivity index (χ4n) is 2.83. The van der Waals surface area contributed by atoms with Crippen molar-refractivity contribution in [1.29, 1.82) is 0 Å². The van der Waals surface area contributed by atoms with E-state index in [4.69, 9.17) is 23.2 Å². The fourth-order valence-corrected chi connectivity index (χ4v) is 5.42. The van der Waals surface area contributed by atoms with E-state index in [-0.39, 0.29) is 4.90 Å². The Labute approximate surface area is 175 Å². The Morgan fingerprint density at radius 3 is 2.71 bits per heavy atom. The molecule has 4 rings (SSSR count). The quantitative estimate of drug-likeness (QED) is 0.409. The van der Waals surface area contributed by atoms with Crippen molar-refractivity contribution in [2.45, 2.75) is 15.8 Å². The zero-order valence-corrected chi connectivity index (χ0v) is 17.5. The average molecular weight is 456 g/mol. The predicted molar refractivity (Wildman–Crippen MR) is 109 cm³/mol. The van der Waals surface area contributed by atoms with Crippen molar-refractivity contribution in [2.75, 3.05) is 11.4 Å². The van der Waals surface area contributed by atoms with Crippen molar-refractivity contribution >= 4 is 50.7 Å². The van der Waals surface area contributed by atoms with Gasteiger partial charge >= 0.3 is 0 Å². The van der Waals surface area contributed by atoms with Crippen molar-refractivity contribution in [1.82, 2.24) is 9.97 Å². The van der Waals surface area contributed by atoms with Crippen molar-refractivity contribution < 1.29 is 12.8 Å². The summed E-state index contributed by atoms with van der Waals surface area (Å²) in [5, 5.41) is 1.13. The molecule has 0 N–H and O–H groups in total. The highest BCUT2D eigenvalue weighted by molar-refractivity contribution is 7.98. The van der Waals surface area contributed by atoms with Crippen LogP contribution < -0.4 is 4.31 Å². The molecule has 0 unspecified atom stereocenters. The van der Waals surface area contributed by atoms with E-state index in [1.165, 1.54) is 41.4 Å². The molecule has 0 saturated carbocycles. The lowest BCUT2D eigenvalue weighted by atomic mass is 10.1. The number of hydrogen-bond donors (Lipinski definition) is 0. The number of rotatable bonds is 3. The summed E-state index contributed by atoms with van der Waals surface area (Å²) in [5.74, 6) is 0.00580. The number of sulfonamides is 1. The first-order valence-corrected chi connectivity index (χ1v) is 11.2. The lowest BCUT2D eigenvalue weighted by Crippen LogP contribution is -2.31. The molecular weight excluding hydrogens is 444 g/mol. The normalized spacial score (nSPS) is 14.5. The first-order chi connectivity index (χ1) is 13.3. The molecule has 2 heterocycles. The summed E-state index contributed by atoms with van der Waals surface area (Å²) in [6.07, 6.45) is 1.31. The van der Waals surface area contributed by atoms with Crippen LogP contribution in [0.25, 0.3) is 11.3 Å². The molecular formula is C18H12Cl2FN3O2S2. The van der Waals surface area contributed by atoms with Crippen LogP contribution in [0.2, 0.25) is 10.0 Å². The number of halogens is 3. The maximum absolute atomic E-state index is 13.2. The van der Waals surface area contributed by atoms with Gasteiger partial charge in [-0.25, -0.2) is 22.8 Å². The summed E-state index contributed by atoms with van der Waals surface area (Å²) < 4.78 is 39.9. The molecule has 0 amide bonds. The summed E-state index contributed by atoms with van der Waals surface area (Å²) in [6.45, 7) is 0. The third kappa shape index (κ3) is 3.34. The number of aromatic nitrogens is 2. The van der Waals surface area contributed by atoms with Gasteiger partial charge < -0.3 is 0 Å². The Morgan fingerprint density at radius 2 is 1.96 bits per heavy atom. The van der Waals surface area contributed by atoms with Gasteiger partial charge in [0.2, 0.25) is 0 Å². The minimum absolute atomic E-state index is 0.0361.